The van der Waals surface area contributed by atoms with Gasteiger partial charge in [-0.15, -0.1) is 0 Å². The number of pyridine rings is 1. The summed E-state index contributed by atoms with van der Waals surface area (Å²) in [7, 11) is 0. The Kier molecular flexibility index (Phi) is 3.74. The molecule has 0 aliphatic heterocycles. The monoisotopic (exact) mass is 254 g/mol. The normalized spacial score (nSPS) is 9.63. The summed E-state index contributed by atoms with van der Waals surface area (Å²) >= 11 is 0. The van der Waals surface area contributed by atoms with Crippen molar-refractivity contribution < 1.29 is 14.6 Å². The second-order valence-electron chi connectivity index (χ2n) is 3.76. The molecule has 0 aliphatic carbocycles. The topological polar surface area (TPSA) is 83.2 Å². The van der Waals surface area contributed by atoms with Crippen LogP contribution in [0.25, 0.3) is 0 Å². The predicted molar refractivity (Wildman–Crippen MR) is 67.0 cm³/mol. The number of aromatic carboxylic acids is 1. The van der Waals surface area contributed by atoms with E-state index in [1.807, 2.05) is 6.07 Å². The molecule has 0 saturated carbocycles. The van der Waals surface area contributed by atoms with Crippen LogP contribution in [-0.4, -0.2) is 16.1 Å². The standard InChI is InChI=1S/C14H10N2O3/c15-7-5-10-1-3-11(4-2-10)19-13-9-16-8-6-12(13)14(17)18/h1-4,6,8-9H,5H2,(H,17,18). The average molecular weight is 254 g/mol. The fraction of sp³-hybridized carbons (Fsp3) is 0.0714. The van der Waals surface area contributed by atoms with E-state index in [0.29, 0.717) is 12.2 Å². The largest absolute Gasteiger partial charge is 0.478 e. The molecular formula is C14H10N2O3. The molecule has 0 atom stereocenters. The second kappa shape index (κ2) is 5.65. The third-order valence-electron chi connectivity index (χ3n) is 2.45. The molecule has 2 rings (SSSR count). The lowest BCUT2D eigenvalue weighted by atomic mass is 10.1. The van der Waals surface area contributed by atoms with E-state index < -0.39 is 5.97 Å². The maximum Gasteiger partial charge on any atom is 0.339 e. The van der Waals surface area contributed by atoms with Crippen LogP contribution in [0.5, 0.6) is 11.5 Å². The molecule has 0 fully saturated rings. The summed E-state index contributed by atoms with van der Waals surface area (Å²) in [5.41, 5.74) is 0.926. The number of carbonyl (C=O) groups is 1. The lowest BCUT2D eigenvalue weighted by Crippen LogP contribution is -2.00. The van der Waals surface area contributed by atoms with E-state index in [-0.39, 0.29) is 11.3 Å². The van der Waals surface area contributed by atoms with Gasteiger partial charge in [-0.25, -0.2) is 4.79 Å². The van der Waals surface area contributed by atoms with Gasteiger partial charge in [0.05, 0.1) is 18.7 Å². The highest BCUT2D eigenvalue weighted by atomic mass is 16.5. The number of nitrogens with zero attached hydrogens (tertiary/aromatic N) is 2. The quantitative estimate of drug-likeness (QED) is 0.906. The van der Waals surface area contributed by atoms with Crippen LogP contribution in [0.3, 0.4) is 0 Å². The Morgan fingerprint density at radius 1 is 1.32 bits per heavy atom. The first-order chi connectivity index (χ1) is 9.20. The molecule has 5 heteroatoms. The summed E-state index contributed by atoms with van der Waals surface area (Å²) in [6.45, 7) is 0. The van der Waals surface area contributed by atoms with Crippen molar-refractivity contribution in [2.75, 3.05) is 0 Å². The molecule has 1 aromatic carbocycles. The summed E-state index contributed by atoms with van der Waals surface area (Å²) in [5.74, 6) is -0.390. The van der Waals surface area contributed by atoms with Gasteiger partial charge in [0.2, 0.25) is 0 Å². The Labute approximate surface area is 109 Å². The van der Waals surface area contributed by atoms with E-state index in [4.69, 9.17) is 15.1 Å². The van der Waals surface area contributed by atoms with Gasteiger partial charge >= 0.3 is 5.97 Å². The molecule has 94 valence electrons. The SMILES string of the molecule is N#CCc1ccc(Oc2cnccc2C(=O)O)cc1. The molecule has 0 spiro atoms. The maximum absolute atomic E-state index is 11.0. The third kappa shape index (κ3) is 3.07. The lowest BCUT2D eigenvalue weighted by Gasteiger charge is -2.08. The number of carboxylic acids is 1. The minimum absolute atomic E-state index is 0.0519. The molecule has 1 N–H and O–H groups in total. The van der Waals surface area contributed by atoms with Gasteiger partial charge in [-0.1, -0.05) is 12.1 Å². The molecule has 0 aliphatic rings. The van der Waals surface area contributed by atoms with Gasteiger partial charge in [-0.05, 0) is 23.8 Å². The number of rotatable bonds is 4. The highest BCUT2D eigenvalue weighted by molar-refractivity contribution is 5.90. The fourth-order valence-electron chi connectivity index (χ4n) is 1.53. The first kappa shape index (κ1) is 12.6. The van der Waals surface area contributed by atoms with E-state index in [2.05, 4.69) is 4.98 Å². The number of aromatic nitrogens is 1. The Morgan fingerprint density at radius 3 is 2.68 bits per heavy atom. The molecule has 1 heterocycles. The molecule has 0 bridgehead atoms. The van der Waals surface area contributed by atoms with Crippen LogP contribution in [0, 0.1) is 11.3 Å². The number of nitriles is 1. The van der Waals surface area contributed by atoms with Crippen molar-refractivity contribution in [3.8, 4) is 17.6 Å². The Hall–Kier alpha value is -2.87. The van der Waals surface area contributed by atoms with Gasteiger partial charge in [0.1, 0.15) is 11.3 Å². The van der Waals surface area contributed by atoms with Gasteiger partial charge < -0.3 is 9.84 Å². The molecule has 19 heavy (non-hydrogen) atoms. The number of benzene rings is 1. The van der Waals surface area contributed by atoms with Crippen molar-refractivity contribution in [1.29, 1.82) is 5.26 Å². The molecule has 5 nitrogen and oxygen atoms in total. The summed E-state index contributed by atoms with van der Waals surface area (Å²) < 4.78 is 5.48. The average Bonchev–Trinajstić information content (AvgIpc) is 2.42. The Morgan fingerprint density at radius 2 is 2.05 bits per heavy atom. The molecule has 0 radical (unpaired) electrons. The number of hydrogen-bond acceptors (Lipinski definition) is 4. The summed E-state index contributed by atoms with van der Waals surface area (Å²) in [5, 5.41) is 17.6. The summed E-state index contributed by atoms with van der Waals surface area (Å²) in [6, 6.07) is 10.3. The first-order valence-electron chi connectivity index (χ1n) is 5.52. The molecule has 0 unspecified atom stereocenters. The van der Waals surface area contributed by atoms with Crippen LogP contribution >= 0.6 is 0 Å². The maximum atomic E-state index is 11.0. The predicted octanol–water partition coefficient (Wildman–Crippen LogP) is 2.64. The lowest BCUT2D eigenvalue weighted by molar-refractivity contribution is 0.0694. The van der Waals surface area contributed by atoms with E-state index in [1.165, 1.54) is 18.5 Å². The number of ether oxygens (including phenoxy) is 1. The summed E-state index contributed by atoms with van der Waals surface area (Å²) in [4.78, 5) is 14.8. The van der Waals surface area contributed by atoms with Crippen molar-refractivity contribution in [2.45, 2.75) is 6.42 Å². The molecule has 0 saturated heterocycles. The van der Waals surface area contributed by atoms with Gasteiger partial charge in [0, 0.05) is 6.20 Å². The number of hydrogen-bond donors (Lipinski definition) is 1. The highest BCUT2D eigenvalue weighted by Crippen LogP contribution is 2.24. The van der Waals surface area contributed by atoms with Gasteiger partial charge in [0.25, 0.3) is 0 Å². The second-order valence-corrected chi connectivity index (χ2v) is 3.76. The van der Waals surface area contributed by atoms with Crippen LogP contribution in [0.2, 0.25) is 0 Å². The molecule has 1 aromatic heterocycles. The van der Waals surface area contributed by atoms with Crippen LogP contribution < -0.4 is 4.74 Å². The molecular weight excluding hydrogens is 244 g/mol. The third-order valence-corrected chi connectivity index (χ3v) is 2.45. The van der Waals surface area contributed by atoms with Crippen molar-refractivity contribution in [3.05, 3.63) is 53.9 Å². The number of carboxylic acid groups (broad SMARTS) is 1. The van der Waals surface area contributed by atoms with E-state index in [9.17, 15) is 4.79 Å². The van der Waals surface area contributed by atoms with E-state index in [1.54, 1.807) is 24.3 Å². The Bertz CT molecular complexity index is 630. The van der Waals surface area contributed by atoms with Crippen molar-refractivity contribution >= 4 is 5.97 Å². The van der Waals surface area contributed by atoms with Gasteiger partial charge in [-0.3, -0.25) is 4.98 Å². The molecule has 0 amide bonds. The zero-order valence-corrected chi connectivity index (χ0v) is 9.91. The molecule has 2 aromatic rings. The van der Waals surface area contributed by atoms with Gasteiger partial charge in [0.15, 0.2) is 5.75 Å². The van der Waals surface area contributed by atoms with Crippen LogP contribution in [-0.2, 0) is 6.42 Å². The minimum atomic E-state index is -1.07. The zero-order valence-electron chi connectivity index (χ0n) is 9.91. The Balaban J connectivity index is 2.22. The van der Waals surface area contributed by atoms with Crippen LogP contribution in [0.15, 0.2) is 42.7 Å². The van der Waals surface area contributed by atoms with Gasteiger partial charge in [-0.2, -0.15) is 5.26 Å². The van der Waals surface area contributed by atoms with E-state index in [0.717, 1.165) is 5.56 Å². The fourth-order valence-corrected chi connectivity index (χ4v) is 1.53. The van der Waals surface area contributed by atoms with Crippen molar-refractivity contribution in [3.63, 3.8) is 0 Å². The summed E-state index contributed by atoms with van der Waals surface area (Å²) in [6.07, 6.45) is 3.08. The zero-order chi connectivity index (χ0) is 13.7. The van der Waals surface area contributed by atoms with Crippen LogP contribution in [0.4, 0.5) is 0 Å². The van der Waals surface area contributed by atoms with Crippen LogP contribution in [0.1, 0.15) is 15.9 Å². The highest BCUT2D eigenvalue weighted by Gasteiger charge is 2.11. The smallest absolute Gasteiger partial charge is 0.339 e. The van der Waals surface area contributed by atoms with E-state index >= 15 is 0 Å². The van der Waals surface area contributed by atoms with Crippen molar-refractivity contribution in [2.24, 2.45) is 0 Å². The minimum Gasteiger partial charge on any atom is -0.478 e. The first-order valence-corrected chi connectivity index (χ1v) is 5.52. The van der Waals surface area contributed by atoms with Crippen molar-refractivity contribution in [1.82, 2.24) is 4.98 Å².